The van der Waals surface area contributed by atoms with Gasteiger partial charge in [0.15, 0.2) is 11.5 Å². The van der Waals surface area contributed by atoms with Crippen molar-refractivity contribution in [3.8, 4) is 23.0 Å². The fourth-order valence-electron chi connectivity index (χ4n) is 3.55. The molecule has 2 N–H and O–H groups in total. The Hall–Kier alpha value is -3.88. The van der Waals surface area contributed by atoms with Crippen molar-refractivity contribution in [2.45, 2.75) is 45.3 Å². The van der Waals surface area contributed by atoms with E-state index < -0.39 is 18.0 Å². The van der Waals surface area contributed by atoms with Gasteiger partial charge < -0.3 is 29.4 Å². The molecule has 3 rings (SSSR count). The monoisotopic (exact) mass is 521 g/mol. The SMILES string of the molecule is COc1ccc(CC(=O)Oc2ccc([C@@H](O)CNC(C)(C)C)cc2OC(=O)Cc2ccc(OC)cc2)cc1. The van der Waals surface area contributed by atoms with Crippen LogP contribution in [-0.2, 0) is 22.4 Å². The van der Waals surface area contributed by atoms with E-state index in [1.165, 1.54) is 12.1 Å². The number of esters is 2. The van der Waals surface area contributed by atoms with Crippen LogP contribution in [0.3, 0.4) is 0 Å². The molecule has 0 aromatic heterocycles. The van der Waals surface area contributed by atoms with E-state index in [4.69, 9.17) is 18.9 Å². The summed E-state index contributed by atoms with van der Waals surface area (Å²) >= 11 is 0. The molecule has 0 saturated carbocycles. The molecular formula is C30H35NO7. The molecule has 0 saturated heterocycles. The smallest absolute Gasteiger partial charge is 0.315 e. The molecule has 0 amide bonds. The zero-order chi connectivity index (χ0) is 27.7. The minimum atomic E-state index is -0.864. The summed E-state index contributed by atoms with van der Waals surface area (Å²) in [6.07, 6.45) is -0.845. The lowest BCUT2D eigenvalue weighted by molar-refractivity contribution is -0.136. The second kappa shape index (κ2) is 13.1. The Morgan fingerprint density at radius 3 is 1.68 bits per heavy atom. The highest BCUT2D eigenvalue weighted by Gasteiger charge is 2.19. The van der Waals surface area contributed by atoms with Gasteiger partial charge in [0, 0.05) is 12.1 Å². The predicted molar refractivity (Wildman–Crippen MR) is 144 cm³/mol. The van der Waals surface area contributed by atoms with Gasteiger partial charge in [-0.05, 0) is 73.9 Å². The van der Waals surface area contributed by atoms with E-state index in [0.717, 1.165) is 11.1 Å². The fraction of sp³-hybridized carbons (Fsp3) is 0.333. The molecule has 0 heterocycles. The number of hydrogen-bond acceptors (Lipinski definition) is 8. The maximum Gasteiger partial charge on any atom is 0.315 e. The number of rotatable bonds is 11. The topological polar surface area (TPSA) is 103 Å². The zero-order valence-corrected chi connectivity index (χ0v) is 22.4. The van der Waals surface area contributed by atoms with Crippen LogP contribution in [0.4, 0.5) is 0 Å². The summed E-state index contributed by atoms with van der Waals surface area (Å²) in [5.41, 5.74) is 1.81. The molecule has 202 valence electrons. The predicted octanol–water partition coefficient (Wildman–Crippen LogP) is 4.42. The van der Waals surface area contributed by atoms with Gasteiger partial charge in [-0.2, -0.15) is 0 Å². The van der Waals surface area contributed by atoms with Gasteiger partial charge in [0.25, 0.3) is 0 Å². The first-order valence-corrected chi connectivity index (χ1v) is 12.3. The van der Waals surface area contributed by atoms with Gasteiger partial charge in [-0.25, -0.2) is 0 Å². The number of carbonyl (C=O) groups is 2. The van der Waals surface area contributed by atoms with E-state index in [9.17, 15) is 14.7 Å². The van der Waals surface area contributed by atoms with Gasteiger partial charge in [0.1, 0.15) is 11.5 Å². The average molecular weight is 522 g/mol. The van der Waals surface area contributed by atoms with Crippen molar-refractivity contribution in [1.29, 1.82) is 0 Å². The summed E-state index contributed by atoms with van der Waals surface area (Å²) in [5, 5.41) is 13.9. The van der Waals surface area contributed by atoms with Gasteiger partial charge in [-0.3, -0.25) is 9.59 Å². The molecule has 0 aliphatic carbocycles. The second-order valence-electron chi connectivity index (χ2n) is 9.85. The third-order valence-corrected chi connectivity index (χ3v) is 5.64. The van der Waals surface area contributed by atoms with Crippen LogP contribution in [0.2, 0.25) is 0 Å². The largest absolute Gasteiger partial charge is 0.497 e. The number of benzene rings is 3. The Morgan fingerprint density at radius 2 is 1.24 bits per heavy atom. The normalized spacial score (nSPS) is 11.9. The Morgan fingerprint density at radius 1 is 0.763 bits per heavy atom. The molecule has 0 fully saturated rings. The number of aliphatic hydroxyl groups excluding tert-OH is 1. The third kappa shape index (κ3) is 8.90. The van der Waals surface area contributed by atoms with Gasteiger partial charge in [0.05, 0.1) is 33.2 Å². The lowest BCUT2D eigenvalue weighted by Gasteiger charge is -2.23. The number of methoxy groups -OCH3 is 2. The summed E-state index contributed by atoms with van der Waals surface area (Å²) in [4.78, 5) is 25.5. The van der Waals surface area contributed by atoms with Crippen molar-refractivity contribution in [3.63, 3.8) is 0 Å². The Labute approximate surface area is 223 Å². The van der Waals surface area contributed by atoms with Gasteiger partial charge in [-0.1, -0.05) is 30.3 Å². The number of hydrogen-bond donors (Lipinski definition) is 2. The van der Waals surface area contributed by atoms with E-state index in [1.54, 1.807) is 68.8 Å². The molecule has 0 spiro atoms. The van der Waals surface area contributed by atoms with Crippen molar-refractivity contribution < 1.29 is 33.6 Å². The Balaban J connectivity index is 1.77. The second-order valence-corrected chi connectivity index (χ2v) is 9.85. The molecule has 0 aliphatic heterocycles. The minimum absolute atomic E-state index is 0.00158. The van der Waals surface area contributed by atoms with Crippen LogP contribution in [0, 0.1) is 0 Å². The first-order chi connectivity index (χ1) is 18.1. The first-order valence-electron chi connectivity index (χ1n) is 12.3. The summed E-state index contributed by atoms with van der Waals surface area (Å²) < 4.78 is 21.5. The summed E-state index contributed by atoms with van der Waals surface area (Å²) in [5.74, 6) is 0.444. The van der Waals surface area contributed by atoms with Crippen LogP contribution in [0.25, 0.3) is 0 Å². The molecule has 0 aliphatic rings. The van der Waals surface area contributed by atoms with Crippen LogP contribution >= 0.6 is 0 Å². The van der Waals surface area contributed by atoms with Crippen LogP contribution in [0.5, 0.6) is 23.0 Å². The molecule has 0 radical (unpaired) electrons. The first kappa shape index (κ1) is 28.7. The quantitative estimate of drug-likeness (QED) is 0.282. The Bertz CT molecular complexity index is 1210. The molecule has 3 aromatic carbocycles. The highest BCUT2D eigenvalue weighted by molar-refractivity contribution is 5.78. The maximum atomic E-state index is 12.8. The van der Waals surface area contributed by atoms with Crippen molar-refractivity contribution in [2.24, 2.45) is 0 Å². The highest BCUT2D eigenvalue weighted by atomic mass is 16.6. The van der Waals surface area contributed by atoms with E-state index in [0.29, 0.717) is 23.6 Å². The number of carbonyl (C=O) groups excluding carboxylic acids is 2. The molecular weight excluding hydrogens is 486 g/mol. The lowest BCUT2D eigenvalue weighted by atomic mass is 10.1. The van der Waals surface area contributed by atoms with Crippen LogP contribution in [0.1, 0.15) is 43.6 Å². The van der Waals surface area contributed by atoms with Crippen molar-refractivity contribution in [3.05, 3.63) is 83.4 Å². The average Bonchev–Trinajstić information content (AvgIpc) is 2.88. The number of ether oxygens (including phenoxy) is 4. The zero-order valence-electron chi connectivity index (χ0n) is 22.4. The van der Waals surface area contributed by atoms with Crippen LogP contribution < -0.4 is 24.3 Å². The fourth-order valence-corrected chi connectivity index (χ4v) is 3.55. The molecule has 8 heteroatoms. The van der Waals surface area contributed by atoms with Crippen molar-refractivity contribution in [2.75, 3.05) is 20.8 Å². The van der Waals surface area contributed by atoms with Gasteiger partial charge >= 0.3 is 11.9 Å². The molecule has 3 aromatic rings. The lowest BCUT2D eigenvalue weighted by Crippen LogP contribution is -2.38. The van der Waals surface area contributed by atoms with E-state index >= 15 is 0 Å². The van der Waals surface area contributed by atoms with Gasteiger partial charge in [-0.15, -0.1) is 0 Å². The molecule has 0 bridgehead atoms. The summed E-state index contributed by atoms with van der Waals surface area (Å²) in [7, 11) is 3.14. The van der Waals surface area contributed by atoms with Crippen molar-refractivity contribution >= 4 is 11.9 Å². The molecule has 38 heavy (non-hydrogen) atoms. The van der Waals surface area contributed by atoms with E-state index in [1.807, 2.05) is 20.8 Å². The molecule has 8 nitrogen and oxygen atoms in total. The van der Waals surface area contributed by atoms with Gasteiger partial charge in [0.2, 0.25) is 0 Å². The number of β-amino-alcohol motifs (C(OH)–C–C–N with tert-alkyl or cyclic N) is 1. The van der Waals surface area contributed by atoms with Crippen LogP contribution in [0.15, 0.2) is 66.7 Å². The van der Waals surface area contributed by atoms with Crippen molar-refractivity contribution in [1.82, 2.24) is 5.32 Å². The van der Waals surface area contributed by atoms with E-state index in [2.05, 4.69) is 5.32 Å². The summed E-state index contributed by atoms with van der Waals surface area (Å²) in [6.45, 7) is 6.28. The van der Waals surface area contributed by atoms with Crippen LogP contribution in [-0.4, -0.2) is 43.3 Å². The Kier molecular flexibility index (Phi) is 9.87. The molecule has 1 atom stereocenters. The number of nitrogens with one attached hydrogen (secondary N) is 1. The highest BCUT2D eigenvalue weighted by Crippen LogP contribution is 2.32. The standard InChI is InChI=1S/C30H35NO7/c1-30(2,3)31-19-25(32)22-10-15-26(37-28(33)16-20-6-11-23(35-4)12-7-20)27(18-22)38-29(34)17-21-8-13-24(36-5)14-9-21/h6-15,18,25,31-32H,16-17,19H2,1-5H3/t25-/m0/s1. The summed E-state index contributed by atoms with van der Waals surface area (Å²) in [6, 6.07) is 18.8. The maximum absolute atomic E-state index is 12.8. The van der Waals surface area contributed by atoms with E-state index in [-0.39, 0.29) is 29.9 Å². The number of aliphatic hydroxyl groups is 1. The molecule has 0 unspecified atom stereocenters. The third-order valence-electron chi connectivity index (χ3n) is 5.64. The minimum Gasteiger partial charge on any atom is -0.497 e.